The van der Waals surface area contributed by atoms with Gasteiger partial charge in [-0.1, -0.05) is 23.7 Å². The first-order valence-corrected chi connectivity index (χ1v) is 9.12. The van der Waals surface area contributed by atoms with E-state index in [2.05, 4.69) is 25.4 Å². The van der Waals surface area contributed by atoms with E-state index in [4.69, 9.17) is 26.3 Å². The standard InChI is InChI=1S/C18H20ClN7O/c1-11-15(23-18-20-12(2)24-25-18)21-16(13-5-3-4-6-14(13)19)22-17(11)26-7-9-27-10-8-26/h3-6H,7-10H2,1-2H3,(H2,20,21,22,23,24,25). The van der Waals surface area contributed by atoms with Crippen molar-refractivity contribution in [2.24, 2.45) is 0 Å². The zero-order valence-electron chi connectivity index (χ0n) is 15.2. The molecular formula is C18H20ClN7O. The normalized spacial score (nSPS) is 14.4. The third-order valence-corrected chi connectivity index (χ3v) is 4.70. The van der Waals surface area contributed by atoms with Crippen molar-refractivity contribution in [3.8, 4) is 11.4 Å². The van der Waals surface area contributed by atoms with E-state index in [1.807, 2.05) is 38.1 Å². The molecule has 2 N–H and O–H groups in total. The van der Waals surface area contributed by atoms with Crippen LogP contribution in [0.1, 0.15) is 11.4 Å². The van der Waals surface area contributed by atoms with Crippen LogP contribution in [0.5, 0.6) is 0 Å². The molecule has 0 aliphatic carbocycles. The number of aromatic nitrogens is 5. The molecule has 8 nitrogen and oxygen atoms in total. The third-order valence-electron chi connectivity index (χ3n) is 4.37. The van der Waals surface area contributed by atoms with E-state index >= 15 is 0 Å². The first-order valence-electron chi connectivity index (χ1n) is 8.74. The van der Waals surface area contributed by atoms with Gasteiger partial charge in [-0.15, -0.1) is 5.10 Å². The number of halogens is 1. The zero-order valence-corrected chi connectivity index (χ0v) is 15.9. The van der Waals surface area contributed by atoms with Gasteiger partial charge < -0.3 is 15.0 Å². The highest BCUT2D eigenvalue weighted by molar-refractivity contribution is 6.33. The molecule has 0 radical (unpaired) electrons. The monoisotopic (exact) mass is 385 g/mol. The summed E-state index contributed by atoms with van der Waals surface area (Å²) >= 11 is 6.39. The summed E-state index contributed by atoms with van der Waals surface area (Å²) in [5, 5.41) is 10.8. The second kappa shape index (κ2) is 7.50. The van der Waals surface area contributed by atoms with Crippen LogP contribution in [0.25, 0.3) is 11.4 Å². The fourth-order valence-electron chi connectivity index (χ4n) is 2.98. The maximum Gasteiger partial charge on any atom is 0.247 e. The zero-order chi connectivity index (χ0) is 18.8. The number of aromatic amines is 1. The number of rotatable bonds is 4. The van der Waals surface area contributed by atoms with Crippen molar-refractivity contribution in [1.82, 2.24) is 25.1 Å². The van der Waals surface area contributed by atoms with E-state index in [0.717, 1.165) is 35.9 Å². The first-order chi connectivity index (χ1) is 13.1. The number of ether oxygens (including phenoxy) is 1. The maximum absolute atomic E-state index is 6.39. The summed E-state index contributed by atoms with van der Waals surface area (Å²) < 4.78 is 5.48. The molecule has 1 saturated heterocycles. The molecule has 1 aromatic carbocycles. The van der Waals surface area contributed by atoms with Gasteiger partial charge in [0.25, 0.3) is 0 Å². The summed E-state index contributed by atoms with van der Waals surface area (Å²) in [6.07, 6.45) is 0. The molecule has 1 aliphatic heterocycles. The van der Waals surface area contributed by atoms with Crippen LogP contribution in [-0.2, 0) is 4.74 Å². The number of H-pyrrole nitrogens is 1. The van der Waals surface area contributed by atoms with E-state index in [1.54, 1.807) is 0 Å². The van der Waals surface area contributed by atoms with Crippen molar-refractivity contribution in [1.29, 1.82) is 0 Å². The number of nitrogens with one attached hydrogen (secondary N) is 2. The van der Waals surface area contributed by atoms with Gasteiger partial charge in [0.1, 0.15) is 17.5 Å². The van der Waals surface area contributed by atoms with Crippen LogP contribution < -0.4 is 10.2 Å². The van der Waals surface area contributed by atoms with E-state index in [0.29, 0.717) is 35.8 Å². The molecule has 1 aliphatic rings. The van der Waals surface area contributed by atoms with Crippen LogP contribution in [0, 0.1) is 13.8 Å². The Morgan fingerprint density at radius 1 is 1.11 bits per heavy atom. The molecule has 3 aromatic rings. The van der Waals surface area contributed by atoms with Crippen LogP contribution >= 0.6 is 11.6 Å². The Labute approximate surface area is 162 Å². The SMILES string of the molecule is Cc1nc(Nc2nc(-c3ccccc3Cl)nc(N3CCOCC3)c2C)n[nH]1. The highest BCUT2D eigenvalue weighted by atomic mass is 35.5. The molecule has 9 heteroatoms. The molecule has 0 atom stereocenters. The molecule has 0 unspecified atom stereocenters. The van der Waals surface area contributed by atoms with Gasteiger partial charge in [0.05, 0.1) is 18.2 Å². The quantitative estimate of drug-likeness (QED) is 0.712. The minimum atomic E-state index is 0.465. The fraction of sp³-hybridized carbons (Fsp3) is 0.333. The summed E-state index contributed by atoms with van der Waals surface area (Å²) in [7, 11) is 0. The Balaban J connectivity index is 1.81. The highest BCUT2D eigenvalue weighted by Crippen LogP contribution is 2.32. The number of hydrogen-bond acceptors (Lipinski definition) is 7. The number of hydrogen-bond donors (Lipinski definition) is 2. The Morgan fingerprint density at radius 2 is 1.89 bits per heavy atom. The van der Waals surface area contributed by atoms with Crippen molar-refractivity contribution < 1.29 is 4.74 Å². The van der Waals surface area contributed by atoms with E-state index in [-0.39, 0.29) is 0 Å². The summed E-state index contributed by atoms with van der Waals surface area (Å²) in [5.41, 5.74) is 1.71. The lowest BCUT2D eigenvalue weighted by molar-refractivity contribution is 0.122. The lowest BCUT2D eigenvalue weighted by Gasteiger charge is -2.29. The molecule has 140 valence electrons. The smallest absolute Gasteiger partial charge is 0.247 e. The summed E-state index contributed by atoms with van der Waals surface area (Å²) in [6.45, 7) is 6.74. The molecule has 3 heterocycles. The molecule has 0 spiro atoms. The number of anilines is 3. The Bertz CT molecular complexity index is 953. The van der Waals surface area contributed by atoms with Gasteiger partial charge >= 0.3 is 0 Å². The third kappa shape index (κ3) is 3.72. The molecule has 0 bridgehead atoms. The molecule has 2 aromatic heterocycles. The number of benzene rings is 1. The second-order valence-electron chi connectivity index (χ2n) is 6.29. The topological polar surface area (TPSA) is 91.8 Å². The minimum absolute atomic E-state index is 0.465. The second-order valence-corrected chi connectivity index (χ2v) is 6.70. The van der Waals surface area contributed by atoms with Crippen molar-refractivity contribution in [3.05, 3.63) is 40.7 Å². The van der Waals surface area contributed by atoms with Gasteiger partial charge in [0.15, 0.2) is 5.82 Å². The average molecular weight is 386 g/mol. The minimum Gasteiger partial charge on any atom is -0.378 e. The molecule has 0 amide bonds. The van der Waals surface area contributed by atoms with Crippen molar-refractivity contribution in [2.75, 3.05) is 36.5 Å². The summed E-state index contributed by atoms with van der Waals surface area (Å²) in [6, 6.07) is 7.56. The summed E-state index contributed by atoms with van der Waals surface area (Å²) in [4.78, 5) is 16.0. The largest absolute Gasteiger partial charge is 0.378 e. The maximum atomic E-state index is 6.39. The predicted octanol–water partition coefficient (Wildman–Crippen LogP) is 3.11. The van der Waals surface area contributed by atoms with Gasteiger partial charge in [-0.25, -0.2) is 9.97 Å². The van der Waals surface area contributed by atoms with Crippen LogP contribution in [0.4, 0.5) is 17.6 Å². The van der Waals surface area contributed by atoms with E-state index in [9.17, 15) is 0 Å². The molecule has 27 heavy (non-hydrogen) atoms. The number of morpholine rings is 1. The van der Waals surface area contributed by atoms with Crippen LogP contribution in [0.2, 0.25) is 5.02 Å². The van der Waals surface area contributed by atoms with Crippen LogP contribution in [-0.4, -0.2) is 51.5 Å². The molecule has 0 saturated carbocycles. The number of aryl methyl sites for hydroxylation is 1. The molecule has 1 fully saturated rings. The van der Waals surface area contributed by atoms with Gasteiger partial charge in [-0.3, -0.25) is 5.10 Å². The lowest BCUT2D eigenvalue weighted by atomic mass is 10.2. The Kier molecular flexibility index (Phi) is 4.91. The Morgan fingerprint density at radius 3 is 2.59 bits per heavy atom. The molecule has 4 rings (SSSR count). The van der Waals surface area contributed by atoms with Crippen LogP contribution in [0.15, 0.2) is 24.3 Å². The molecular weight excluding hydrogens is 366 g/mol. The highest BCUT2D eigenvalue weighted by Gasteiger charge is 2.21. The number of nitrogens with zero attached hydrogens (tertiary/aromatic N) is 5. The lowest BCUT2D eigenvalue weighted by Crippen LogP contribution is -2.37. The van der Waals surface area contributed by atoms with Crippen LogP contribution in [0.3, 0.4) is 0 Å². The summed E-state index contributed by atoms with van der Waals surface area (Å²) in [5.74, 6) is 3.26. The van der Waals surface area contributed by atoms with Gasteiger partial charge in [-0.2, -0.15) is 4.98 Å². The fourth-order valence-corrected chi connectivity index (χ4v) is 3.20. The van der Waals surface area contributed by atoms with Gasteiger partial charge in [0, 0.05) is 24.2 Å². The predicted molar refractivity (Wildman–Crippen MR) is 105 cm³/mol. The first kappa shape index (κ1) is 17.7. The van der Waals surface area contributed by atoms with Gasteiger partial charge in [-0.05, 0) is 26.0 Å². The van der Waals surface area contributed by atoms with E-state index in [1.165, 1.54) is 0 Å². The van der Waals surface area contributed by atoms with Crippen molar-refractivity contribution >= 4 is 29.2 Å². The average Bonchev–Trinajstić information content (AvgIpc) is 3.09. The van der Waals surface area contributed by atoms with Crippen molar-refractivity contribution in [2.45, 2.75) is 13.8 Å². The van der Waals surface area contributed by atoms with Gasteiger partial charge in [0.2, 0.25) is 5.95 Å². The van der Waals surface area contributed by atoms with Crippen molar-refractivity contribution in [3.63, 3.8) is 0 Å². The van der Waals surface area contributed by atoms with E-state index < -0.39 is 0 Å². The Hall–Kier alpha value is -2.71.